The fourth-order valence-electron chi connectivity index (χ4n) is 1.27. The summed E-state index contributed by atoms with van der Waals surface area (Å²) in [6, 6.07) is 1.19. The molecule has 16 heavy (non-hydrogen) atoms. The van der Waals surface area contributed by atoms with Gasteiger partial charge in [-0.25, -0.2) is 4.79 Å². The molecule has 0 saturated carbocycles. The molecule has 5 nitrogen and oxygen atoms in total. The van der Waals surface area contributed by atoms with Crippen molar-refractivity contribution in [2.45, 2.75) is 26.3 Å². The number of hydrogen-bond acceptors (Lipinski definition) is 3. The average Bonchev–Trinajstić information content (AvgIpc) is 2.20. The SMILES string of the molecule is CCCOCCCn1c(=O)cc(Cl)[nH]c1=O. The summed E-state index contributed by atoms with van der Waals surface area (Å²) in [4.78, 5) is 25.1. The molecule has 0 fully saturated rings. The van der Waals surface area contributed by atoms with Crippen LogP contribution in [0.25, 0.3) is 0 Å². The molecule has 1 N–H and O–H groups in total. The Kier molecular flexibility index (Phi) is 5.28. The Morgan fingerprint density at radius 3 is 2.81 bits per heavy atom. The van der Waals surface area contributed by atoms with Gasteiger partial charge in [-0.2, -0.15) is 0 Å². The lowest BCUT2D eigenvalue weighted by atomic mass is 10.4. The molecule has 90 valence electrons. The first-order valence-corrected chi connectivity index (χ1v) is 5.60. The van der Waals surface area contributed by atoms with Gasteiger partial charge in [-0.15, -0.1) is 0 Å². The first kappa shape index (κ1) is 13.0. The number of rotatable bonds is 6. The molecule has 0 saturated heterocycles. The predicted molar refractivity (Wildman–Crippen MR) is 62.1 cm³/mol. The van der Waals surface area contributed by atoms with Crippen molar-refractivity contribution in [3.8, 4) is 0 Å². The Hall–Kier alpha value is -1.07. The van der Waals surface area contributed by atoms with Gasteiger partial charge in [0.2, 0.25) is 0 Å². The average molecular weight is 247 g/mol. The van der Waals surface area contributed by atoms with Crippen LogP contribution in [0.15, 0.2) is 15.7 Å². The normalized spacial score (nSPS) is 10.6. The Balaban J connectivity index is 2.55. The van der Waals surface area contributed by atoms with Crippen LogP contribution in [0.1, 0.15) is 19.8 Å². The van der Waals surface area contributed by atoms with Crippen LogP contribution in [0.4, 0.5) is 0 Å². The van der Waals surface area contributed by atoms with Gasteiger partial charge in [0, 0.05) is 25.8 Å². The van der Waals surface area contributed by atoms with Gasteiger partial charge in [-0.3, -0.25) is 14.3 Å². The van der Waals surface area contributed by atoms with Crippen LogP contribution in [0.5, 0.6) is 0 Å². The Bertz CT molecular complexity index is 407. The monoisotopic (exact) mass is 246 g/mol. The van der Waals surface area contributed by atoms with Crippen LogP contribution >= 0.6 is 11.6 Å². The van der Waals surface area contributed by atoms with Crippen molar-refractivity contribution < 1.29 is 4.74 Å². The first-order valence-electron chi connectivity index (χ1n) is 5.22. The minimum atomic E-state index is -0.479. The highest BCUT2D eigenvalue weighted by molar-refractivity contribution is 6.29. The molecule has 0 unspecified atom stereocenters. The molecule has 0 radical (unpaired) electrons. The lowest BCUT2D eigenvalue weighted by Crippen LogP contribution is -2.34. The second-order valence-electron chi connectivity index (χ2n) is 3.38. The zero-order valence-electron chi connectivity index (χ0n) is 9.16. The summed E-state index contributed by atoms with van der Waals surface area (Å²) >= 11 is 5.53. The van der Waals surface area contributed by atoms with Crippen LogP contribution in [-0.4, -0.2) is 22.8 Å². The van der Waals surface area contributed by atoms with Crippen molar-refractivity contribution in [2.75, 3.05) is 13.2 Å². The molecule has 0 aliphatic heterocycles. The smallest absolute Gasteiger partial charge is 0.329 e. The Morgan fingerprint density at radius 1 is 1.44 bits per heavy atom. The van der Waals surface area contributed by atoms with E-state index in [9.17, 15) is 9.59 Å². The zero-order chi connectivity index (χ0) is 12.0. The van der Waals surface area contributed by atoms with E-state index in [2.05, 4.69) is 4.98 Å². The van der Waals surface area contributed by atoms with Crippen LogP contribution < -0.4 is 11.2 Å². The van der Waals surface area contributed by atoms with Crippen molar-refractivity contribution in [3.05, 3.63) is 32.1 Å². The van der Waals surface area contributed by atoms with Crippen LogP contribution in [0, 0.1) is 0 Å². The lowest BCUT2D eigenvalue weighted by Gasteiger charge is -2.04. The molecule has 0 spiro atoms. The highest BCUT2D eigenvalue weighted by atomic mass is 35.5. The van der Waals surface area contributed by atoms with Gasteiger partial charge in [-0.05, 0) is 12.8 Å². The summed E-state index contributed by atoms with van der Waals surface area (Å²) < 4.78 is 6.37. The molecule has 1 rings (SSSR count). The molecule has 0 amide bonds. The first-order chi connectivity index (χ1) is 7.65. The third kappa shape index (κ3) is 3.83. The molecular formula is C10H15ClN2O3. The largest absolute Gasteiger partial charge is 0.381 e. The summed E-state index contributed by atoms with van der Waals surface area (Å²) in [6.07, 6.45) is 1.59. The van der Waals surface area contributed by atoms with E-state index in [-0.39, 0.29) is 10.7 Å². The number of H-pyrrole nitrogens is 1. The zero-order valence-corrected chi connectivity index (χ0v) is 9.92. The van der Waals surface area contributed by atoms with Crippen LogP contribution in [0.3, 0.4) is 0 Å². The molecule has 0 aromatic carbocycles. The van der Waals surface area contributed by atoms with Crippen molar-refractivity contribution in [1.29, 1.82) is 0 Å². The van der Waals surface area contributed by atoms with Gasteiger partial charge in [0.1, 0.15) is 5.15 Å². The molecule has 1 heterocycles. The van der Waals surface area contributed by atoms with E-state index in [0.717, 1.165) is 11.0 Å². The lowest BCUT2D eigenvalue weighted by molar-refractivity contribution is 0.129. The van der Waals surface area contributed by atoms with Gasteiger partial charge < -0.3 is 4.74 Å². The topological polar surface area (TPSA) is 64.1 Å². The Morgan fingerprint density at radius 2 is 2.19 bits per heavy atom. The van der Waals surface area contributed by atoms with Gasteiger partial charge in [0.15, 0.2) is 0 Å². The second kappa shape index (κ2) is 6.50. The van der Waals surface area contributed by atoms with Crippen LogP contribution in [-0.2, 0) is 11.3 Å². The van der Waals surface area contributed by atoms with Gasteiger partial charge in [-0.1, -0.05) is 18.5 Å². The highest BCUT2D eigenvalue weighted by Crippen LogP contribution is 1.94. The maximum Gasteiger partial charge on any atom is 0.329 e. The predicted octanol–water partition coefficient (Wildman–Crippen LogP) is 1.01. The van der Waals surface area contributed by atoms with E-state index in [1.165, 1.54) is 6.07 Å². The summed E-state index contributed by atoms with van der Waals surface area (Å²) in [5.41, 5.74) is -0.864. The van der Waals surface area contributed by atoms with Gasteiger partial charge >= 0.3 is 5.69 Å². The highest BCUT2D eigenvalue weighted by Gasteiger charge is 2.02. The number of aromatic nitrogens is 2. The number of nitrogens with one attached hydrogen (secondary N) is 1. The minimum Gasteiger partial charge on any atom is -0.381 e. The van der Waals surface area contributed by atoms with Crippen molar-refractivity contribution in [3.63, 3.8) is 0 Å². The molecule has 0 bridgehead atoms. The van der Waals surface area contributed by atoms with Crippen molar-refractivity contribution in [2.24, 2.45) is 0 Å². The molecule has 0 atom stereocenters. The molecule has 1 aromatic rings. The van der Waals surface area contributed by atoms with Crippen molar-refractivity contribution >= 4 is 11.6 Å². The maximum absolute atomic E-state index is 11.4. The quantitative estimate of drug-likeness (QED) is 0.602. The summed E-state index contributed by atoms with van der Waals surface area (Å²) in [7, 11) is 0. The molecule has 0 aliphatic rings. The van der Waals surface area contributed by atoms with Gasteiger partial charge in [0.25, 0.3) is 5.56 Å². The van der Waals surface area contributed by atoms with E-state index >= 15 is 0 Å². The Labute approximate surface area is 98.0 Å². The number of halogens is 1. The molecule has 1 aromatic heterocycles. The molecule has 6 heteroatoms. The summed E-state index contributed by atoms with van der Waals surface area (Å²) in [6.45, 7) is 3.61. The standard InChI is InChI=1S/C10H15ClN2O3/c1-2-5-16-6-3-4-13-9(14)7-8(11)12-10(13)15/h7H,2-6H2,1H3,(H,12,15). The van der Waals surface area contributed by atoms with E-state index < -0.39 is 5.69 Å². The third-order valence-corrected chi connectivity index (χ3v) is 2.21. The fraction of sp³-hybridized carbons (Fsp3) is 0.600. The second-order valence-corrected chi connectivity index (χ2v) is 3.79. The molecular weight excluding hydrogens is 232 g/mol. The van der Waals surface area contributed by atoms with E-state index in [1.54, 1.807) is 0 Å². The maximum atomic E-state index is 11.4. The van der Waals surface area contributed by atoms with E-state index in [1.807, 2.05) is 6.92 Å². The third-order valence-electron chi connectivity index (χ3n) is 2.01. The number of hydrogen-bond donors (Lipinski definition) is 1. The fourth-order valence-corrected chi connectivity index (χ4v) is 1.45. The van der Waals surface area contributed by atoms with Crippen LogP contribution in [0.2, 0.25) is 5.15 Å². The number of ether oxygens (including phenoxy) is 1. The summed E-state index contributed by atoms with van der Waals surface area (Å²) in [5.74, 6) is 0. The number of aromatic amines is 1. The summed E-state index contributed by atoms with van der Waals surface area (Å²) in [5, 5.41) is 0.0634. The van der Waals surface area contributed by atoms with E-state index in [0.29, 0.717) is 26.2 Å². The van der Waals surface area contributed by atoms with Crippen molar-refractivity contribution in [1.82, 2.24) is 9.55 Å². The molecule has 0 aliphatic carbocycles. The van der Waals surface area contributed by atoms with E-state index in [4.69, 9.17) is 16.3 Å². The number of nitrogens with zero attached hydrogens (tertiary/aromatic N) is 1. The van der Waals surface area contributed by atoms with Gasteiger partial charge in [0.05, 0.1) is 0 Å². The minimum absolute atomic E-state index is 0.0634.